The van der Waals surface area contributed by atoms with Crippen molar-refractivity contribution in [3.63, 3.8) is 0 Å². The summed E-state index contributed by atoms with van der Waals surface area (Å²) in [6.07, 6.45) is 6.12. The predicted octanol–water partition coefficient (Wildman–Crippen LogP) is 4.00. The third-order valence-electron chi connectivity index (χ3n) is 4.58. The maximum Gasteiger partial charge on any atom is 0.224 e. The molecule has 3 aromatic heterocycles. The van der Waals surface area contributed by atoms with E-state index in [4.69, 9.17) is 11.6 Å². The van der Waals surface area contributed by atoms with Crippen LogP contribution in [-0.2, 0) is 6.42 Å². The van der Waals surface area contributed by atoms with E-state index in [0.717, 1.165) is 39.2 Å². The van der Waals surface area contributed by atoms with Gasteiger partial charge in [-0.1, -0.05) is 23.7 Å². The minimum Gasteiger partial charge on any atom is -0.354 e. The van der Waals surface area contributed by atoms with Gasteiger partial charge in [-0.2, -0.15) is 10.1 Å². The largest absolute Gasteiger partial charge is 0.354 e. The molecule has 0 fully saturated rings. The van der Waals surface area contributed by atoms with E-state index in [1.807, 2.05) is 41.0 Å². The van der Waals surface area contributed by atoms with Crippen LogP contribution < -0.4 is 5.32 Å². The van der Waals surface area contributed by atoms with Gasteiger partial charge >= 0.3 is 0 Å². The molecular weight excluding hydrogens is 374 g/mol. The molecule has 0 saturated carbocycles. The van der Waals surface area contributed by atoms with Gasteiger partial charge < -0.3 is 5.32 Å². The molecule has 2 N–H and O–H groups in total. The van der Waals surface area contributed by atoms with E-state index in [2.05, 4.69) is 36.5 Å². The highest BCUT2D eigenvalue weighted by molar-refractivity contribution is 6.30. The molecule has 0 unspecified atom stereocenters. The van der Waals surface area contributed by atoms with E-state index in [9.17, 15) is 0 Å². The van der Waals surface area contributed by atoms with Crippen molar-refractivity contribution < 1.29 is 0 Å². The zero-order valence-electron chi connectivity index (χ0n) is 14.8. The number of rotatable bonds is 5. The number of halogens is 1. The van der Waals surface area contributed by atoms with Gasteiger partial charge in [-0.3, -0.25) is 9.67 Å². The summed E-state index contributed by atoms with van der Waals surface area (Å²) in [7, 11) is 0. The Balaban J connectivity index is 1.40. The SMILES string of the molecule is Clc1cccc(CCNc2ncc3ncn(-c4ccc5cn[nH]c5c4)c3n2)c1. The van der Waals surface area contributed by atoms with Gasteiger partial charge in [0, 0.05) is 17.0 Å². The second kappa shape index (κ2) is 6.94. The second-order valence-electron chi connectivity index (χ2n) is 6.47. The molecule has 7 nitrogen and oxygen atoms in total. The van der Waals surface area contributed by atoms with Crippen molar-refractivity contribution in [3.05, 3.63) is 71.8 Å². The number of H-pyrrole nitrogens is 1. The van der Waals surface area contributed by atoms with Crippen LogP contribution in [0.5, 0.6) is 0 Å². The van der Waals surface area contributed by atoms with Crippen LogP contribution in [-0.4, -0.2) is 36.3 Å². The summed E-state index contributed by atoms with van der Waals surface area (Å²) in [5, 5.41) is 12.1. The first-order valence-electron chi connectivity index (χ1n) is 8.88. The third-order valence-corrected chi connectivity index (χ3v) is 4.82. The molecule has 0 aliphatic rings. The molecule has 0 amide bonds. The van der Waals surface area contributed by atoms with Gasteiger partial charge in [0.2, 0.25) is 5.95 Å². The van der Waals surface area contributed by atoms with Crippen molar-refractivity contribution >= 4 is 39.6 Å². The summed E-state index contributed by atoms with van der Waals surface area (Å²) >= 11 is 6.04. The molecule has 0 radical (unpaired) electrons. The summed E-state index contributed by atoms with van der Waals surface area (Å²) in [5.74, 6) is 0.568. The minimum atomic E-state index is 0.568. The van der Waals surface area contributed by atoms with Crippen molar-refractivity contribution in [2.45, 2.75) is 6.42 Å². The highest BCUT2D eigenvalue weighted by atomic mass is 35.5. The van der Waals surface area contributed by atoms with Crippen LogP contribution >= 0.6 is 11.6 Å². The first-order chi connectivity index (χ1) is 13.8. The molecule has 0 atom stereocenters. The van der Waals surface area contributed by atoms with Gasteiger partial charge in [0.15, 0.2) is 5.65 Å². The highest BCUT2D eigenvalue weighted by Gasteiger charge is 2.09. The van der Waals surface area contributed by atoms with Gasteiger partial charge in [-0.15, -0.1) is 0 Å². The van der Waals surface area contributed by atoms with Crippen LogP contribution in [0.2, 0.25) is 5.02 Å². The maximum absolute atomic E-state index is 6.04. The summed E-state index contributed by atoms with van der Waals surface area (Å²) in [4.78, 5) is 13.4. The summed E-state index contributed by atoms with van der Waals surface area (Å²) in [6.45, 7) is 0.708. The van der Waals surface area contributed by atoms with E-state index in [1.54, 1.807) is 18.7 Å². The molecular formula is C20H16ClN7. The monoisotopic (exact) mass is 389 g/mol. The molecule has 0 aliphatic heterocycles. The van der Waals surface area contributed by atoms with Crippen molar-refractivity contribution in [3.8, 4) is 5.69 Å². The molecule has 0 saturated heterocycles. The van der Waals surface area contributed by atoms with Crippen LogP contribution in [0.1, 0.15) is 5.56 Å². The van der Waals surface area contributed by atoms with Crippen LogP contribution in [0.3, 0.4) is 0 Å². The van der Waals surface area contributed by atoms with Gasteiger partial charge in [0.1, 0.15) is 11.8 Å². The number of imidazole rings is 1. The Hall–Kier alpha value is -3.45. The molecule has 0 aliphatic carbocycles. The van der Waals surface area contributed by atoms with E-state index >= 15 is 0 Å². The number of fused-ring (bicyclic) bond motifs is 2. The lowest BCUT2D eigenvalue weighted by atomic mass is 10.1. The number of hydrogen-bond acceptors (Lipinski definition) is 5. The van der Waals surface area contributed by atoms with Crippen molar-refractivity contribution in [2.75, 3.05) is 11.9 Å². The Morgan fingerprint density at radius 1 is 1.07 bits per heavy atom. The van der Waals surface area contributed by atoms with Gasteiger partial charge in [-0.05, 0) is 42.3 Å². The average molecular weight is 390 g/mol. The zero-order chi connectivity index (χ0) is 18.9. The van der Waals surface area contributed by atoms with E-state index in [1.165, 1.54) is 5.56 Å². The maximum atomic E-state index is 6.04. The third kappa shape index (κ3) is 3.16. The molecule has 3 heterocycles. The van der Waals surface area contributed by atoms with Gasteiger partial charge in [0.05, 0.1) is 23.6 Å². The molecule has 138 valence electrons. The predicted molar refractivity (Wildman–Crippen MR) is 110 cm³/mol. The topological polar surface area (TPSA) is 84.3 Å². The molecule has 28 heavy (non-hydrogen) atoms. The highest BCUT2D eigenvalue weighted by Crippen LogP contribution is 2.20. The second-order valence-corrected chi connectivity index (χ2v) is 6.90. The fourth-order valence-electron chi connectivity index (χ4n) is 3.17. The lowest BCUT2D eigenvalue weighted by molar-refractivity contribution is 0.983. The number of nitrogens with one attached hydrogen (secondary N) is 2. The number of aromatic amines is 1. The van der Waals surface area contributed by atoms with Crippen molar-refractivity contribution in [1.29, 1.82) is 0 Å². The average Bonchev–Trinajstić information content (AvgIpc) is 3.34. The van der Waals surface area contributed by atoms with Crippen molar-refractivity contribution in [2.24, 2.45) is 0 Å². The summed E-state index contributed by atoms with van der Waals surface area (Å²) in [6, 6.07) is 13.9. The quantitative estimate of drug-likeness (QED) is 0.474. The first-order valence-corrected chi connectivity index (χ1v) is 9.26. The van der Waals surface area contributed by atoms with Crippen LogP contribution in [0, 0.1) is 0 Å². The smallest absolute Gasteiger partial charge is 0.224 e. The number of hydrogen-bond donors (Lipinski definition) is 2. The Morgan fingerprint density at radius 3 is 2.96 bits per heavy atom. The van der Waals surface area contributed by atoms with Crippen LogP contribution in [0.15, 0.2) is 61.2 Å². The molecule has 0 spiro atoms. The lowest BCUT2D eigenvalue weighted by Gasteiger charge is -2.07. The molecule has 2 aromatic carbocycles. The lowest BCUT2D eigenvalue weighted by Crippen LogP contribution is -2.08. The van der Waals surface area contributed by atoms with Gasteiger partial charge in [-0.25, -0.2) is 9.97 Å². The number of benzene rings is 2. The van der Waals surface area contributed by atoms with E-state index < -0.39 is 0 Å². The number of anilines is 1. The molecule has 5 rings (SSSR count). The Kier molecular flexibility index (Phi) is 4.14. The van der Waals surface area contributed by atoms with E-state index in [0.29, 0.717) is 12.5 Å². The first kappa shape index (κ1) is 16.7. The van der Waals surface area contributed by atoms with E-state index in [-0.39, 0.29) is 0 Å². The Labute approximate surface area is 165 Å². The normalized spacial score (nSPS) is 11.3. The van der Waals surface area contributed by atoms with Crippen LogP contribution in [0.4, 0.5) is 5.95 Å². The Bertz CT molecular complexity index is 1270. The molecule has 8 heteroatoms. The van der Waals surface area contributed by atoms with Gasteiger partial charge in [0.25, 0.3) is 0 Å². The van der Waals surface area contributed by atoms with Crippen molar-refractivity contribution in [1.82, 2.24) is 29.7 Å². The molecule has 0 bridgehead atoms. The standard InChI is InChI=1S/C20H16ClN7/c21-15-3-1-2-13(8-15)6-7-22-20-23-11-18-19(26-20)28(12-24-18)16-5-4-14-10-25-27-17(14)9-16/h1-5,8-12H,6-7H2,(H,25,27)(H,22,23,26). The number of nitrogens with zero attached hydrogens (tertiary/aromatic N) is 5. The number of aromatic nitrogens is 6. The minimum absolute atomic E-state index is 0.568. The summed E-state index contributed by atoms with van der Waals surface area (Å²) < 4.78 is 1.94. The zero-order valence-corrected chi connectivity index (χ0v) is 15.6. The molecule has 5 aromatic rings. The Morgan fingerprint density at radius 2 is 2.04 bits per heavy atom. The fourth-order valence-corrected chi connectivity index (χ4v) is 3.38. The fraction of sp³-hybridized carbons (Fsp3) is 0.100. The van der Waals surface area contributed by atoms with Crippen LogP contribution in [0.25, 0.3) is 27.8 Å². The summed E-state index contributed by atoms with van der Waals surface area (Å²) in [5.41, 5.74) is 4.58.